The lowest BCUT2D eigenvalue weighted by atomic mass is 10.2. The van der Waals surface area contributed by atoms with Crippen LogP contribution in [0, 0.1) is 0 Å². The number of rotatable bonds is 4. The van der Waals surface area contributed by atoms with E-state index in [-0.39, 0.29) is 18.5 Å². The Morgan fingerprint density at radius 3 is 2.44 bits per heavy atom. The maximum absolute atomic E-state index is 11.6. The van der Waals surface area contributed by atoms with Crippen LogP contribution in [0.4, 0.5) is 4.79 Å². The highest BCUT2D eigenvalue weighted by atomic mass is 32.2. The van der Waals surface area contributed by atoms with Gasteiger partial charge in [0.2, 0.25) is 0 Å². The Labute approximate surface area is 110 Å². The summed E-state index contributed by atoms with van der Waals surface area (Å²) in [6.45, 7) is 0.161. The van der Waals surface area contributed by atoms with Crippen molar-refractivity contribution in [1.29, 1.82) is 0 Å². The molecule has 0 aliphatic carbocycles. The molecule has 5 nitrogen and oxygen atoms in total. The molecule has 1 aliphatic heterocycles. The van der Waals surface area contributed by atoms with E-state index in [4.69, 9.17) is 4.74 Å². The molecule has 18 heavy (non-hydrogen) atoms. The third-order valence-electron chi connectivity index (χ3n) is 2.62. The van der Waals surface area contributed by atoms with E-state index in [2.05, 4.69) is 0 Å². The van der Waals surface area contributed by atoms with Gasteiger partial charge in [-0.05, 0) is 29.6 Å². The highest BCUT2D eigenvalue weighted by Gasteiger charge is 2.34. The molecule has 2 rings (SSSR count). The number of urea groups is 1. The fourth-order valence-electron chi connectivity index (χ4n) is 1.58. The summed E-state index contributed by atoms with van der Waals surface area (Å²) in [4.78, 5) is 24.6. The summed E-state index contributed by atoms with van der Waals surface area (Å²) >= 11 is 1.22. The molecule has 0 saturated carbocycles. The van der Waals surface area contributed by atoms with E-state index in [0.29, 0.717) is 5.75 Å². The van der Waals surface area contributed by atoms with Gasteiger partial charge in [0, 0.05) is 12.8 Å². The predicted molar refractivity (Wildman–Crippen MR) is 69.2 cm³/mol. The molecule has 1 aliphatic rings. The Morgan fingerprint density at radius 2 is 1.94 bits per heavy atom. The topological polar surface area (TPSA) is 49.9 Å². The van der Waals surface area contributed by atoms with Crippen molar-refractivity contribution in [1.82, 2.24) is 9.21 Å². The van der Waals surface area contributed by atoms with Gasteiger partial charge in [-0.3, -0.25) is 4.79 Å². The van der Waals surface area contributed by atoms with E-state index in [9.17, 15) is 9.59 Å². The summed E-state index contributed by atoms with van der Waals surface area (Å²) in [5.41, 5.74) is 1.04. The average molecular weight is 266 g/mol. The normalized spacial score (nSPS) is 15.4. The third-order valence-corrected chi connectivity index (χ3v) is 3.70. The number of nitrogens with zero attached hydrogens (tertiary/aromatic N) is 2. The van der Waals surface area contributed by atoms with Crippen LogP contribution in [-0.2, 0) is 10.5 Å². The van der Waals surface area contributed by atoms with Crippen molar-refractivity contribution < 1.29 is 14.3 Å². The number of benzene rings is 1. The number of amides is 3. The van der Waals surface area contributed by atoms with Crippen LogP contribution in [0.1, 0.15) is 5.56 Å². The van der Waals surface area contributed by atoms with Gasteiger partial charge in [-0.2, -0.15) is 0 Å². The van der Waals surface area contributed by atoms with Crippen molar-refractivity contribution in [3.8, 4) is 5.75 Å². The van der Waals surface area contributed by atoms with Gasteiger partial charge >= 0.3 is 6.03 Å². The lowest BCUT2D eigenvalue weighted by Gasteiger charge is -2.12. The minimum absolute atomic E-state index is 0.161. The quantitative estimate of drug-likeness (QED) is 0.615. The van der Waals surface area contributed by atoms with E-state index in [0.717, 1.165) is 11.3 Å². The summed E-state index contributed by atoms with van der Waals surface area (Å²) < 4.78 is 6.28. The molecular formula is C12H14N2O3S. The second kappa shape index (κ2) is 5.30. The van der Waals surface area contributed by atoms with Crippen molar-refractivity contribution in [2.75, 3.05) is 20.7 Å². The summed E-state index contributed by atoms with van der Waals surface area (Å²) in [6, 6.07) is 7.30. The van der Waals surface area contributed by atoms with Crippen molar-refractivity contribution in [2.24, 2.45) is 0 Å². The van der Waals surface area contributed by atoms with Crippen molar-refractivity contribution >= 4 is 23.9 Å². The van der Waals surface area contributed by atoms with Gasteiger partial charge in [-0.15, -0.1) is 0 Å². The zero-order valence-corrected chi connectivity index (χ0v) is 11.1. The average Bonchev–Trinajstić information content (AvgIpc) is 2.62. The van der Waals surface area contributed by atoms with Crippen LogP contribution in [0.3, 0.4) is 0 Å². The smallest absolute Gasteiger partial charge is 0.337 e. The summed E-state index contributed by atoms with van der Waals surface area (Å²) in [6.07, 6.45) is 0. The second-order valence-electron chi connectivity index (χ2n) is 3.95. The van der Waals surface area contributed by atoms with Gasteiger partial charge in [0.1, 0.15) is 12.3 Å². The molecule has 3 amide bonds. The van der Waals surface area contributed by atoms with Gasteiger partial charge in [0.05, 0.1) is 7.11 Å². The molecule has 0 spiro atoms. The minimum atomic E-state index is -0.251. The molecule has 0 N–H and O–H groups in total. The maximum Gasteiger partial charge on any atom is 0.337 e. The van der Waals surface area contributed by atoms with Gasteiger partial charge < -0.3 is 9.64 Å². The van der Waals surface area contributed by atoms with Crippen LogP contribution in [0.25, 0.3) is 0 Å². The Balaban J connectivity index is 1.95. The largest absolute Gasteiger partial charge is 0.497 e. The zero-order valence-electron chi connectivity index (χ0n) is 10.3. The lowest BCUT2D eigenvalue weighted by Crippen LogP contribution is -2.25. The highest BCUT2D eigenvalue weighted by molar-refractivity contribution is 7.97. The predicted octanol–water partition coefficient (Wildman–Crippen LogP) is 1.74. The van der Waals surface area contributed by atoms with Crippen LogP contribution in [0.15, 0.2) is 24.3 Å². The first-order valence-electron chi connectivity index (χ1n) is 5.45. The minimum Gasteiger partial charge on any atom is -0.497 e. The maximum atomic E-state index is 11.6. The van der Waals surface area contributed by atoms with Crippen LogP contribution in [0.2, 0.25) is 0 Å². The van der Waals surface area contributed by atoms with Crippen LogP contribution >= 0.6 is 11.9 Å². The number of carbonyl (C=O) groups excluding carboxylic acids is 2. The highest BCUT2D eigenvalue weighted by Crippen LogP contribution is 2.23. The number of imide groups is 1. The Bertz CT molecular complexity index is 461. The first kappa shape index (κ1) is 12.8. The molecule has 6 heteroatoms. The molecule has 0 atom stereocenters. The second-order valence-corrected chi connectivity index (χ2v) is 4.86. The molecule has 1 heterocycles. The molecule has 1 saturated heterocycles. The SMILES string of the molecule is COc1ccc(CSN2C(=O)CN(C)C2=O)cc1. The zero-order chi connectivity index (χ0) is 13.1. The van der Waals surface area contributed by atoms with Crippen molar-refractivity contribution in [3.63, 3.8) is 0 Å². The molecule has 96 valence electrons. The van der Waals surface area contributed by atoms with Crippen LogP contribution in [-0.4, -0.2) is 41.8 Å². The van der Waals surface area contributed by atoms with Gasteiger partial charge in [0.15, 0.2) is 0 Å². The van der Waals surface area contributed by atoms with Gasteiger partial charge in [0.25, 0.3) is 5.91 Å². The van der Waals surface area contributed by atoms with E-state index >= 15 is 0 Å². The molecule has 0 aromatic heterocycles. The first-order chi connectivity index (χ1) is 8.61. The molecule has 1 fully saturated rings. The number of hydrogen-bond donors (Lipinski definition) is 0. The van der Waals surface area contributed by atoms with E-state index in [1.165, 1.54) is 21.2 Å². The molecule has 1 aromatic carbocycles. The first-order valence-corrected chi connectivity index (χ1v) is 6.40. The standard InChI is InChI=1S/C12H14N2O3S/c1-13-7-11(15)14(12(13)16)18-8-9-3-5-10(17-2)6-4-9/h3-6H,7-8H2,1-2H3. The fourth-order valence-corrected chi connectivity index (χ4v) is 2.51. The Morgan fingerprint density at radius 1 is 1.28 bits per heavy atom. The van der Waals surface area contributed by atoms with Crippen LogP contribution < -0.4 is 4.74 Å². The molecular weight excluding hydrogens is 252 g/mol. The number of methoxy groups -OCH3 is 1. The lowest BCUT2D eigenvalue weighted by molar-refractivity contribution is -0.121. The summed E-state index contributed by atoms with van der Waals surface area (Å²) in [5, 5.41) is 0. The fraction of sp³-hybridized carbons (Fsp3) is 0.333. The van der Waals surface area contributed by atoms with Crippen molar-refractivity contribution in [3.05, 3.63) is 29.8 Å². The van der Waals surface area contributed by atoms with Gasteiger partial charge in [-0.25, -0.2) is 9.10 Å². The summed E-state index contributed by atoms with van der Waals surface area (Å²) in [5.74, 6) is 1.20. The molecule has 0 unspecified atom stereocenters. The van der Waals surface area contributed by atoms with Gasteiger partial charge in [-0.1, -0.05) is 12.1 Å². The Kier molecular flexibility index (Phi) is 3.76. The number of carbonyl (C=O) groups is 2. The third kappa shape index (κ3) is 2.59. The van der Waals surface area contributed by atoms with E-state index in [1.807, 2.05) is 24.3 Å². The van der Waals surface area contributed by atoms with E-state index < -0.39 is 0 Å². The molecule has 0 radical (unpaired) electrons. The number of hydrogen-bond acceptors (Lipinski definition) is 4. The Hall–Kier alpha value is -1.69. The number of ether oxygens (including phenoxy) is 1. The molecule has 0 bridgehead atoms. The van der Waals surface area contributed by atoms with Crippen molar-refractivity contribution in [2.45, 2.75) is 5.75 Å². The number of likely N-dealkylation sites (N-methyl/N-ethyl adjacent to an activating group) is 1. The van der Waals surface area contributed by atoms with E-state index in [1.54, 1.807) is 14.2 Å². The summed E-state index contributed by atoms with van der Waals surface area (Å²) in [7, 11) is 3.23. The molecule has 1 aromatic rings. The van der Waals surface area contributed by atoms with Crippen LogP contribution in [0.5, 0.6) is 5.75 Å². The monoisotopic (exact) mass is 266 g/mol.